The quantitative estimate of drug-likeness (QED) is 0.901. The van der Waals surface area contributed by atoms with Gasteiger partial charge in [-0.1, -0.05) is 0 Å². The number of nitriles is 1. The first kappa shape index (κ1) is 12.6. The Bertz CT molecular complexity index is 663. The number of carbonyl (C=O) groups excluding carboxylic acids is 1. The van der Waals surface area contributed by atoms with Crippen LogP contribution in [0.3, 0.4) is 0 Å². The first-order chi connectivity index (χ1) is 9.10. The van der Waals surface area contributed by atoms with Gasteiger partial charge in [0.1, 0.15) is 11.8 Å². The van der Waals surface area contributed by atoms with Gasteiger partial charge in [-0.2, -0.15) is 5.26 Å². The third-order valence-corrected chi connectivity index (χ3v) is 2.32. The number of halogens is 2. The largest absolute Gasteiger partial charge is 0.322 e. The van der Waals surface area contributed by atoms with Gasteiger partial charge in [-0.25, -0.2) is 13.8 Å². The first-order valence-electron chi connectivity index (χ1n) is 5.22. The van der Waals surface area contributed by atoms with Crippen LogP contribution in [0.25, 0.3) is 0 Å². The molecule has 1 amide bonds. The number of rotatable bonds is 2. The van der Waals surface area contributed by atoms with Crippen LogP contribution < -0.4 is 5.32 Å². The highest BCUT2D eigenvalue weighted by Crippen LogP contribution is 2.14. The van der Waals surface area contributed by atoms with Gasteiger partial charge in [0.2, 0.25) is 0 Å². The SMILES string of the molecule is N#Cc1ccc(C(=O)Nc2ccc(F)c(F)c2)cn1. The fourth-order valence-corrected chi connectivity index (χ4v) is 1.37. The lowest BCUT2D eigenvalue weighted by Crippen LogP contribution is -2.12. The van der Waals surface area contributed by atoms with Gasteiger partial charge in [0.05, 0.1) is 5.56 Å². The van der Waals surface area contributed by atoms with Crippen LogP contribution >= 0.6 is 0 Å². The van der Waals surface area contributed by atoms with Gasteiger partial charge in [-0.15, -0.1) is 0 Å². The zero-order chi connectivity index (χ0) is 13.8. The molecule has 19 heavy (non-hydrogen) atoms. The second-order valence-electron chi connectivity index (χ2n) is 3.63. The lowest BCUT2D eigenvalue weighted by Gasteiger charge is -2.05. The number of pyridine rings is 1. The van der Waals surface area contributed by atoms with E-state index in [9.17, 15) is 13.6 Å². The summed E-state index contributed by atoms with van der Waals surface area (Å²) in [5.41, 5.74) is 0.529. The topological polar surface area (TPSA) is 65.8 Å². The third kappa shape index (κ3) is 2.90. The van der Waals surface area contributed by atoms with Crippen LogP contribution in [0, 0.1) is 23.0 Å². The van der Waals surface area contributed by atoms with Crippen molar-refractivity contribution in [3.63, 3.8) is 0 Å². The maximum atomic E-state index is 13.0. The molecule has 1 heterocycles. The maximum Gasteiger partial charge on any atom is 0.257 e. The Balaban J connectivity index is 2.16. The number of nitrogens with zero attached hydrogens (tertiary/aromatic N) is 2. The van der Waals surface area contributed by atoms with Crippen LogP contribution in [0.5, 0.6) is 0 Å². The normalized spacial score (nSPS) is 9.74. The second kappa shape index (κ2) is 5.23. The molecule has 0 atom stereocenters. The standard InChI is InChI=1S/C13H7F2N3O/c14-11-4-3-9(5-12(11)15)18-13(19)8-1-2-10(6-16)17-7-8/h1-5,7H,(H,18,19). The molecular weight excluding hydrogens is 252 g/mol. The number of amides is 1. The van der Waals surface area contributed by atoms with Crippen LogP contribution in [0.1, 0.15) is 16.1 Å². The van der Waals surface area contributed by atoms with Crippen molar-refractivity contribution >= 4 is 11.6 Å². The number of benzene rings is 1. The Kier molecular flexibility index (Phi) is 3.48. The zero-order valence-corrected chi connectivity index (χ0v) is 9.52. The summed E-state index contributed by atoms with van der Waals surface area (Å²) in [4.78, 5) is 15.5. The molecule has 2 rings (SSSR count). The molecule has 94 valence electrons. The summed E-state index contributed by atoms with van der Waals surface area (Å²) < 4.78 is 25.7. The Hall–Kier alpha value is -2.81. The number of hydrogen-bond acceptors (Lipinski definition) is 3. The molecule has 0 aliphatic rings. The molecule has 0 unspecified atom stereocenters. The van der Waals surface area contributed by atoms with Crippen LogP contribution in [0.4, 0.5) is 14.5 Å². The summed E-state index contributed by atoms with van der Waals surface area (Å²) in [7, 11) is 0. The van der Waals surface area contributed by atoms with Crippen molar-refractivity contribution in [2.75, 3.05) is 5.32 Å². The van der Waals surface area contributed by atoms with Crippen LogP contribution in [-0.2, 0) is 0 Å². The van der Waals surface area contributed by atoms with Gasteiger partial charge < -0.3 is 5.32 Å². The van der Waals surface area contributed by atoms with Crippen molar-refractivity contribution < 1.29 is 13.6 Å². The van der Waals surface area contributed by atoms with Crippen molar-refractivity contribution in [1.29, 1.82) is 5.26 Å². The Labute approximate surface area is 107 Å². The summed E-state index contributed by atoms with van der Waals surface area (Å²) >= 11 is 0. The average molecular weight is 259 g/mol. The van der Waals surface area contributed by atoms with E-state index in [4.69, 9.17) is 5.26 Å². The highest BCUT2D eigenvalue weighted by Gasteiger charge is 2.08. The highest BCUT2D eigenvalue weighted by atomic mass is 19.2. The summed E-state index contributed by atoms with van der Waals surface area (Å²) in [6, 6.07) is 7.67. The van der Waals surface area contributed by atoms with Crippen molar-refractivity contribution in [3.05, 3.63) is 59.4 Å². The predicted octanol–water partition coefficient (Wildman–Crippen LogP) is 2.48. The number of carbonyl (C=O) groups is 1. The van der Waals surface area contributed by atoms with E-state index < -0.39 is 17.5 Å². The minimum atomic E-state index is -1.05. The van der Waals surface area contributed by atoms with E-state index in [1.54, 1.807) is 0 Å². The van der Waals surface area contributed by atoms with Gasteiger partial charge in [0.15, 0.2) is 11.6 Å². The van der Waals surface area contributed by atoms with Gasteiger partial charge in [-0.3, -0.25) is 4.79 Å². The summed E-state index contributed by atoms with van der Waals surface area (Å²) in [6.07, 6.45) is 1.23. The van der Waals surface area contributed by atoms with E-state index >= 15 is 0 Å². The monoisotopic (exact) mass is 259 g/mol. The van der Waals surface area contributed by atoms with Crippen LogP contribution in [-0.4, -0.2) is 10.9 Å². The summed E-state index contributed by atoms with van der Waals surface area (Å²) in [6.45, 7) is 0. The number of anilines is 1. The highest BCUT2D eigenvalue weighted by molar-refractivity contribution is 6.04. The molecular formula is C13H7F2N3O. The molecule has 0 fully saturated rings. The molecule has 0 saturated carbocycles. The molecule has 1 aromatic heterocycles. The van der Waals surface area contributed by atoms with Gasteiger partial charge >= 0.3 is 0 Å². The molecule has 0 bridgehead atoms. The molecule has 0 spiro atoms. The van der Waals surface area contributed by atoms with E-state index in [0.29, 0.717) is 0 Å². The molecule has 1 aromatic carbocycles. The van der Waals surface area contributed by atoms with Crippen LogP contribution in [0.15, 0.2) is 36.5 Å². The van der Waals surface area contributed by atoms with E-state index in [0.717, 1.165) is 12.1 Å². The number of aromatic nitrogens is 1. The second-order valence-corrected chi connectivity index (χ2v) is 3.63. The minimum absolute atomic E-state index is 0.133. The van der Waals surface area contributed by atoms with Gasteiger partial charge in [-0.05, 0) is 24.3 Å². The molecule has 0 aliphatic carbocycles. The van der Waals surface area contributed by atoms with E-state index in [1.807, 2.05) is 6.07 Å². The molecule has 0 radical (unpaired) electrons. The minimum Gasteiger partial charge on any atom is -0.322 e. The lowest BCUT2D eigenvalue weighted by molar-refractivity contribution is 0.102. The van der Waals surface area contributed by atoms with E-state index in [2.05, 4.69) is 10.3 Å². The van der Waals surface area contributed by atoms with E-state index in [1.165, 1.54) is 24.4 Å². The fourth-order valence-electron chi connectivity index (χ4n) is 1.37. The Morgan fingerprint density at radius 1 is 1.21 bits per heavy atom. The smallest absolute Gasteiger partial charge is 0.257 e. The average Bonchev–Trinajstić information content (AvgIpc) is 2.43. The molecule has 4 nitrogen and oxygen atoms in total. The molecule has 6 heteroatoms. The van der Waals surface area contributed by atoms with Crippen LogP contribution in [0.2, 0.25) is 0 Å². The number of nitrogens with one attached hydrogen (secondary N) is 1. The van der Waals surface area contributed by atoms with Crippen molar-refractivity contribution in [3.8, 4) is 6.07 Å². The molecule has 0 saturated heterocycles. The van der Waals surface area contributed by atoms with Crippen molar-refractivity contribution in [1.82, 2.24) is 4.98 Å². The summed E-state index contributed by atoms with van der Waals surface area (Å²) in [5.74, 6) is -2.56. The van der Waals surface area contributed by atoms with E-state index in [-0.39, 0.29) is 16.9 Å². The zero-order valence-electron chi connectivity index (χ0n) is 9.52. The predicted molar refractivity (Wildman–Crippen MR) is 63.3 cm³/mol. The Morgan fingerprint density at radius 3 is 2.58 bits per heavy atom. The first-order valence-corrected chi connectivity index (χ1v) is 5.22. The lowest BCUT2D eigenvalue weighted by atomic mass is 10.2. The molecule has 2 aromatic rings. The van der Waals surface area contributed by atoms with Gasteiger partial charge in [0, 0.05) is 18.0 Å². The van der Waals surface area contributed by atoms with Crippen molar-refractivity contribution in [2.45, 2.75) is 0 Å². The third-order valence-electron chi connectivity index (χ3n) is 2.32. The molecule has 0 aliphatic heterocycles. The maximum absolute atomic E-state index is 13.0. The summed E-state index contributed by atoms with van der Waals surface area (Å²) in [5, 5.41) is 11.0. The van der Waals surface area contributed by atoms with Crippen molar-refractivity contribution in [2.24, 2.45) is 0 Å². The van der Waals surface area contributed by atoms with Gasteiger partial charge in [0.25, 0.3) is 5.91 Å². The molecule has 1 N–H and O–H groups in total. The number of hydrogen-bond donors (Lipinski definition) is 1. The Morgan fingerprint density at radius 2 is 2.00 bits per heavy atom. The fraction of sp³-hybridized carbons (Fsp3) is 0.